The Bertz CT molecular complexity index is 457. The second-order valence-electron chi connectivity index (χ2n) is 4.25. The molecule has 0 spiro atoms. The summed E-state index contributed by atoms with van der Waals surface area (Å²) in [5, 5.41) is 0. The molecule has 1 atom stereocenters. The molecule has 0 aliphatic heterocycles. The molecule has 0 bridgehead atoms. The van der Waals surface area contributed by atoms with E-state index < -0.39 is 17.9 Å². The zero-order valence-corrected chi connectivity index (χ0v) is 10.9. The zero-order valence-electron chi connectivity index (χ0n) is 10.9. The second-order valence-corrected chi connectivity index (χ2v) is 4.25. The molecule has 0 fully saturated rings. The van der Waals surface area contributed by atoms with Crippen LogP contribution in [-0.2, 0) is 15.1 Å². The van der Waals surface area contributed by atoms with Gasteiger partial charge in [0.2, 0.25) is 0 Å². The lowest BCUT2D eigenvalue weighted by Gasteiger charge is -2.28. The molecule has 0 amide bonds. The number of ether oxygens (including phenoxy) is 2. The van der Waals surface area contributed by atoms with Crippen LogP contribution >= 0.6 is 0 Å². The summed E-state index contributed by atoms with van der Waals surface area (Å²) in [6.45, 7) is 4.67. The van der Waals surface area contributed by atoms with Crippen molar-refractivity contribution in [3.63, 3.8) is 0 Å². The zero-order chi connectivity index (χ0) is 14.7. The van der Waals surface area contributed by atoms with Gasteiger partial charge in [0, 0.05) is 6.92 Å². The molecule has 1 aromatic rings. The van der Waals surface area contributed by atoms with Gasteiger partial charge in [-0.1, -0.05) is 19.1 Å². The number of esters is 1. The molecule has 1 rings (SSSR count). The lowest BCUT2D eigenvalue weighted by Crippen LogP contribution is -2.27. The van der Waals surface area contributed by atoms with Crippen molar-refractivity contribution in [2.24, 2.45) is 0 Å². The molecule has 1 aromatic carbocycles. The first-order valence-electron chi connectivity index (χ1n) is 5.72. The van der Waals surface area contributed by atoms with Gasteiger partial charge in [0.15, 0.2) is 0 Å². The molecule has 0 heterocycles. The van der Waals surface area contributed by atoms with Crippen molar-refractivity contribution in [2.75, 3.05) is 0 Å². The first-order valence-corrected chi connectivity index (χ1v) is 5.72. The molecule has 0 aliphatic carbocycles. The molecule has 0 aromatic heterocycles. The standard InChI is InChI=1S/C13H15F3O3/c1-4-12(3,18-9(2)17)10-6-5-7-11(8-10)19-13(14,15)16/h5-8H,4H2,1-3H3. The molecule has 0 aliphatic rings. The van der Waals surface area contributed by atoms with Crippen molar-refractivity contribution in [3.05, 3.63) is 29.8 Å². The molecule has 1 unspecified atom stereocenters. The Hall–Kier alpha value is -1.72. The number of carbonyl (C=O) groups is 1. The highest BCUT2D eigenvalue weighted by atomic mass is 19.4. The third-order valence-electron chi connectivity index (χ3n) is 2.72. The second kappa shape index (κ2) is 5.50. The van der Waals surface area contributed by atoms with Crippen LogP contribution in [0.4, 0.5) is 13.2 Å². The molecule has 106 valence electrons. The number of hydrogen-bond donors (Lipinski definition) is 0. The predicted molar refractivity (Wildman–Crippen MR) is 62.5 cm³/mol. The normalized spacial score (nSPS) is 14.6. The Kier molecular flexibility index (Phi) is 4.44. The predicted octanol–water partition coefficient (Wildman–Crippen LogP) is 3.77. The molecule has 0 radical (unpaired) electrons. The maximum absolute atomic E-state index is 12.2. The SMILES string of the molecule is CCC(C)(OC(C)=O)c1cccc(OC(F)(F)F)c1. The van der Waals surface area contributed by atoms with Crippen LogP contribution in [0.3, 0.4) is 0 Å². The van der Waals surface area contributed by atoms with E-state index in [1.807, 2.05) is 0 Å². The van der Waals surface area contributed by atoms with Crippen LogP contribution in [0.5, 0.6) is 5.75 Å². The Morgan fingerprint density at radius 3 is 2.42 bits per heavy atom. The summed E-state index contributed by atoms with van der Waals surface area (Å²) in [5.41, 5.74) is -0.525. The Morgan fingerprint density at radius 2 is 1.95 bits per heavy atom. The average molecular weight is 276 g/mol. The summed E-state index contributed by atoms with van der Waals surface area (Å²) < 4.78 is 45.5. The fourth-order valence-electron chi connectivity index (χ4n) is 1.67. The number of hydrogen-bond acceptors (Lipinski definition) is 3. The summed E-state index contributed by atoms with van der Waals surface area (Å²) in [5.74, 6) is -0.830. The van der Waals surface area contributed by atoms with Gasteiger partial charge in [-0.3, -0.25) is 4.79 Å². The number of rotatable bonds is 4. The van der Waals surface area contributed by atoms with E-state index in [1.165, 1.54) is 25.1 Å². The van der Waals surface area contributed by atoms with Crippen LogP contribution in [0.2, 0.25) is 0 Å². The molecule has 3 nitrogen and oxygen atoms in total. The highest BCUT2D eigenvalue weighted by Gasteiger charge is 2.33. The Morgan fingerprint density at radius 1 is 1.32 bits per heavy atom. The van der Waals surface area contributed by atoms with Gasteiger partial charge < -0.3 is 9.47 Å². The minimum absolute atomic E-state index is 0.336. The van der Waals surface area contributed by atoms with Crippen LogP contribution in [0.25, 0.3) is 0 Å². The highest BCUT2D eigenvalue weighted by molar-refractivity contribution is 5.66. The van der Waals surface area contributed by atoms with Crippen LogP contribution in [0.15, 0.2) is 24.3 Å². The number of alkyl halides is 3. The maximum atomic E-state index is 12.2. The quantitative estimate of drug-likeness (QED) is 0.785. The number of halogens is 3. The first-order chi connectivity index (χ1) is 8.66. The summed E-state index contributed by atoms with van der Waals surface area (Å²) >= 11 is 0. The smallest absolute Gasteiger partial charge is 0.455 e. The van der Waals surface area contributed by atoms with E-state index in [1.54, 1.807) is 19.9 Å². The Labute approximate surface area is 109 Å². The highest BCUT2D eigenvalue weighted by Crippen LogP contribution is 2.32. The first kappa shape index (κ1) is 15.3. The van der Waals surface area contributed by atoms with Crippen LogP contribution < -0.4 is 4.74 Å². The van der Waals surface area contributed by atoms with E-state index in [4.69, 9.17) is 4.74 Å². The van der Waals surface area contributed by atoms with Crippen molar-refractivity contribution in [1.82, 2.24) is 0 Å². The third kappa shape index (κ3) is 4.46. The van der Waals surface area contributed by atoms with E-state index in [0.717, 1.165) is 0 Å². The molecule has 0 saturated heterocycles. The van der Waals surface area contributed by atoms with Crippen LogP contribution in [0, 0.1) is 0 Å². The molecule has 0 N–H and O–H groups in total. The fraction of sp³-hybridized carbons (Fsp3) is 0.462. The van der Waals surface area contributed by atoms with Crippen molar-refractivity contribution < 1.29 is 27.4 Å². The van der Waals surface area contributed by atoms with E-state index in [2.05, 4.69) is 4.74 Å². The van der Waals surface area contributed by atoms with E-state index in [9.17, 15) is 18.0 Å². The minimum atomic E-state index is -4.75. The van der Waals surface area contributed by atoms with Crippen molar-refractivity contribution >= 4 is 5.97 Å². The van der Waals surface area contributed by atoms with E-state index in [-0.39, 0.29) is 5.75 Å². The van der Waals surface area contributed by atoms with E-state index >= 15 is 0 Å². The van der Waals surface area contributed by atoms with Gasteiger partial charge in [-0.25, -0.2) is 0 Å². The molecular formula is C13H15F3O3. The summed E-state index contributed by atoms with van der Waals surface area (Å²) in [7, 11) is 0. The van der Waals surface area contributed by atoms with Gasteiger partial charge >= 0.3 is 12.3 Å². The summed E-state index contributed by atoms with van der Waals surface area (Å²) in [6, 6.07) is 5.43. The molecular weight excluding hydrogens is 261 g/mol. The largest absolute Gasteiger partial charge is 0.573 e. The molecule has 6 heteroatoms. The van der Waals surface area contributed by atoms with Crippen LogP contribution in [-0.4, -0.2) is 12.3 Å². The van der Waals surface area contributed by atoms with Gasteiger partial charge in [-0.15, -0.1) is 13.2 Å². The lowest BCUT2D eigenvalue weighted by atomic mass is 9.93. The number of carbonyl (C=O) groups excluding carboxylic acids is 1. The number of benzene rings is 1. The maximum Gasteiger partial charge on any atom is 0.573 e. The summed E-state index contributed by atoms with van der Waals surface area (Å²) in [6.07, 6.45) is -4.31. The lowest BCUT2D eigenvalue weighted by molar-refractivity contribution is -0.274. The minimum Gasteiger partial charge on any atom is -0.455 e. The third-order valence-corrected chi connectivity index (χ3v) is 2.72. The molecule has 19 heavy (non-hydrogen) atoms. The van der Waals surface area contributed by atoms with Gasteiger partial charge in [-0.05, 0) is 31.0 Å². The van der Waals surface area contributed by atoms with Crippen molar-refractivity contribution in [3.8, 4) is 5.75 Å². The van der Waals surface area contributed by atoms with Gasteiger partial charge in [0.25, 0.3) is 0 Å². The fourth-order valence-corrected chi connectivity index (χ4v) is 1.67. The van der Waals surface area contributed by atoms with Crippen molar-refractivity contribution in [1.29, 1.82) is 0 Å². The Balaban J connectivity index is 3.06. The van der Waals surface area contributed by atoms with Gasteiger partial charge in [-0.2, -0.15) is 0 Å². The van der Waals surface area contributed by atoms with Gasteiger partial charge in [0.1, 0.15) is 11.4 Å². The monoisotopic (exact) mass is 276 g/mol. The van der Waals surface area contributed by atoms with E-state index in [0.29, 0.717) is 12.0 Å². The van der Waals surface area contributed by atoms with Crippen LogP contribution in [0.1, 0.15) is 32.8 Å². The van der Waals surface area contributed by atoms with Crippen molar-refractivity contribution in [2.45, 2.75) is 39.2 Å². The average Bonchev–Trinajstić information content (AvgIpc) is 2.26. The summed E-state index contributed by atoms with van der Waals surface area (Å²) in [4.78, 5) is 11.1. The topological polar surface area (TPSA) is 35.5 Å². The molecule has 0 saturated carbocycles. The van der Waals surface area contributed by atoms with Gasteiger partial charge in [0.05, 0.1) is 0 Å².